The van der Waals surface area contributed by atoms with Crippen molar-refractivity contribution < 1.29 is 9.90 Å². The molecule has 1 heterocycles. The molecule has 6 heteroatoms. The van der Waals surface area contributed by atoms with Gasteiger partial charge in [0.25, 0.3) is 0 Å². The highest BCUT2D eigenvalue weighted by molar-refractivity contribution is 5.74. The summed E-state index contributed by atoms with van der Waals surface area (Å²) in [6, 6.07) is 9.94. The third-order valence-electron chi connectivity index (χ3n) is 3.57. The number of imidazole rings is 1. The molecule has 23 heavy (non-hydrogen) atoms. The molecule has 1 aromatic carbocycles. The van der Waals surface area contributed by atoms with Crippen molar-refractivity contribution in [2.75, 3.05) is 13.2 Å². The lowest BCUT2D eigenvalue weighted by Gasteiger charge is -2.13. The number of aliphatic hydroxyl groups excluding tert-OH is 1. The van der Waals surface area contributed by atoms with Gasteiger partial charge in [-0.25, -0.2) is 9.78 Å². The number of nitrogens with one attached hydrogen (secondary N) is 2. The van der Waals surface area contributed by atoms with Gasteiger partial charge in [0.1, 0.15) is 5.82 Å². The van der Waals surface area contributed by atoms with Gasteiger partial charge in [0.2, 0.25) is 0 Å². The van der Waals surface area contributed by atoms with Crippen LogP contribution in [0.15, 0.2) is 42.7 Å². The Kier molecular flexibility index (Phi) is 6.62. The highest BCUT2D eigenvalue weighted by Gasteiger charge is 2.07. The zero-order valence-corrected chi connectivity index (χ0v) is 13.4. The van der Waals surface area contributed by atoms with Gasteiger partial charge in [-0.05, 0) is 18.9 Å². The largest absolute Gasteiger partial charge is 0.396 e. The van der Waals surface area contributed by atoms with Crippen LogP contribution in [0.2, 0.25) is 0 Å². The first-order valence-corrected chi connectivity index (χ1v) is 7.88. The number of nitrogens with zero attached hydrogens (tertiary/aromatic N) is 2. The molecule has 0 saturated heterocycles. The van der Waals surface area contributed by atoms with E-state index in [-0.39, 0.29) is 18.7 Å². The van der Waals surface area contributed by atoms with E-state index >= 15 is 0 Å². The second-order valence-electron chi connectivity index (χ2n) is 5.52. The van der Waals surface area contributed by atoms with Gasteiger partial charge in [0.05, 0.1) is 0 Å². The van der Waals surface area contributed by atoms with Crippen LogP contribution in [0.3, 0.4) is 0 Å². The van der Waals surface area contributed by atoms with Crippen LogP contribution >= 0.6 is 0 Å². The van der Waals surface area contributed by atoms with Crippen molar-refractivity contribution in [1.82, 2.24) is 20.2 Å². The van der Waals surface area contributed by atoms with E-state index in [1.54, 1.807) is 6.20 Å². The molecule has 2 aromatic rings. The van der Waals surface area contributed by atoms with E-state index in [9.17, 15) is 4.79 Å². The summed E-state index contributed by atoms with van der Waals surface area (Å²) in [5.41, 5.74) is 1.22. The van der Waals surface area contributed by atoms with Crippen LogP contribution in [0, 0.1) is 0 Å². The number of rotatable bonds is 8. The van der Waals surface area contributed by atoms with Crippen LogP contribution < -0.4 is 10.6 Å². The molecule has 3 N–H and O–H groups in total. The molecule has 6 nitrogen and oxygen atoms in total. The Morgan fingerprint density at radius 3 is 2.87 bits per heavy atom. The maximum absolute atomic E-state index is 11.7. The van der Waals surface area contributed by atoms with Crippen LogP contribution in [-0.4, -0.2) is 39.9 Å². The van der Waals surface area contributed by atoms with E-state index in [0.717, 1.165) is 12.4 Å². The highest BCUT2D eigenvalue weighted by atomic mass is 16.3. The summed E-state index contributed by atoms with van der Waals surface area (Å²) in [5.74, 6) is 0.942. The van der Waals surface area contributed by atoms with Gasteiger partial charge in [-0.1, -0.05) is 30.3 Å². The fourth-order valence-corrected chi connectivity index (χ4v) is 2.32. The maximum Gasteiger partial charge on any atom is 0.315 e. The van der Waals surface area contributed by atoms with Crippen molar-refractivity contribution in [2.45, 2.75) is 32.4 Å². The summed E-state index contributed by atoms with van der Waals surface area (Å²) in [5, 5.41) is 14.4. The van der Waals surface area contributed by atoms with E-state index in [1.165, 1.54) is 5.56 Å². The molecule has 124 valence electrons. The minimum Gasteiger partial charge on any atom is -0.396 e. The van der Waals surface area contributed by atoms with Gasteiger partial charge in [0.15, 0.2) is 0 Å². The summed E-state index contributed by atoms with van der Waals surface area (Å²) < 4.78 is 2.09. The Balaban J connectivity index is 1.78. The number of hydrogen-bond acceptors (Lipinski definition) is 3. The van der Waals surface area contributed by atoms with E-state index in [4.69, 9.17) is 5.11 Å². The molecule has 2 amide bonds. The summed E-state index contributed by atoms with van der Waals surface area (Å²) in [4.78, 5) is 16.1. The molecule has 0 bridgehead atoms. The molecule has 0 radical (unpaired) electrons. The predicted molar refractivity (Wildman–Crippen MR) is 89.2 cm³/mol. The van der Waals surface area contributed by atoms with Crippen LogP contribution in [0.25, 0.3) is 0 Å². The van der Waals surface area contributed by atoms with E-state index in [1.807, 2.05) is 31.3 Å². The number of carbonyl (C=O) groups excluding carboxylic acids is 1. The van der Waals surface area contributed by atoms with Gasteiger partial charge in [-0.3, -0.25) is 0 Å². The summed E-state index contributed by atoms with van der Waals surface area (Å²) >= 11 is 0. The monoisotopic (exact) mass is 316 g/mol. The summed E-state index contributed by atoms with van der Waals surface area (Å²) in [7, 11) is 0. The van der Waals surface area contributed by atoms with Gasteiger partial charge in [0, 0.05) is 44.6 Å². The first-order valence-electron chi connectivity index (χ1n) is 7.88. The molecule has 0 aliphatic heterocycles. The molecule has 1 aromatic heterocycles. The smallest absolute Gasteiger partial charge is 0.315 e. The number of aliphatic hydroxyl groups is 1. The molecule has 0 aliphatic carbocycles. The second kappa shape index (κ2) is 8.95. The van der Waals surface area contributed by atoms with Crippen molar-refractivity contribution in [3.05, 3.63) is 54.1 Å². The number of benzene rings is 1. The normalized spacial score (nSPS) is 11.9. The van der Waals surface area contributed by atoms with E-state index in [0.29, 0.717) is 19.4 Å². The topological polar surface area (TPSA) is 79.2 Å². The lowest BCUT2D eigenvalue weighted by atomic mass is 10.2. The Hall–Kier alpha value is -2.34. The molecule has 0 saturated carbocycles. The first kappa shape index (κ1) is 17.0. The third kappa shape index (κ3) is 5.75. The Bertz CT molecular complexity index is 598. The van der Waals surface area contributed by atoms with Gasteiger partial charge < -0.3 is 20.3 Å². The number of amides is 2. The Labute approximate surface area is 136 Å². The Morgan fingerprint density at radius 2 is 2.13 bits per heavy atom. The first-order chi connectivity index (χ1) is 11.2. The van der Waals surface area contributed by atoms with E-state index in [2.05, 4.69) is 32.3 Å². The quantitative estimate of drug-likeness (QED) is 0.691. The molecule has 0 spiro atoms. The SMILES string of the molecule is C[C@H](CCO)NC(=O)NCCc1nccn1Cc1ccccc1. The molecule has 0 aliphatic rings. The summed E-state index contributed by atoms with van der Waals surface area (Å²) in [6.45, 7) is 3.22. The van der Waals surface area contributed by atoms with E-state index < -0.39 is 0 Å². The highest BCUT2D eigenvalue weighted by Crippen LogP contribution is 2.05. The van der Waals surface area contributed by atoms with Gasteiger partial charge >= 0.3 is 6.03 Å². The average molecular weight is 316 g/mol. The predicted octanol–water partition coefficient (Wildman–Crippen LogP) is 1.54. The maximum atomic E-state index is 11.7. The molecule has 0 fully saturated rings. The average Bonchev–Trinajstić information content (AvgIpc) is 2.95. The fraction of sp³-hybridized carbons (Fsp3) is 0.412. The summed E-state index contributed by atoms with van der Waals surface area (Å²) in [6.07, 6.45) is 4.95. The molecule has 1 atom stereocenters. The van der Waals surface area contributed by atoms with Crippen molar-refractivity contribution in [3.8, 4) is 0 Å². The lowest BCUT2D eigenvalue weighted by Crippen LogP contribution is -2.41. The molecule has 0 unspecified atom stereocenters. The number of carbonyl (C=O) groups is 1. The van der Waals surface area contributed by atoms with Crippen molar-refractivity contribution >= 4 is 6.03 Å². The minimum atomic E-state index is -0.216. The van der Waals surface area contributed by atoms with Crippen molar-refractivity contribution in [3.63, 3.8) is 0 Å². The third-order valence-corrected chi connectivity index (χ3v) is 3.57. The minimum absolute atomic E-state index is 0.0416. The van der Waals surface area contributed by atoms with Gasteiger partial charge in [-0.2, -0.15) is 0 Å². The standard InChI is InChI=1S/C17H24N4O2/c1-14(8-12-22)20-17(23)19-9-7-16-18-10-11-21(16)13-15-5-3-2-4-6-15/h2-6,10-11,14,22H,7-9,12-13H2,1H3,(H2,19,20,23)/t14-/m1/s1. The molecular formula is C17H24N4O2. The van der Waals surface area contributed by atoms with Crippen molar-refractivity contribution in [2.24, 2.45) is 0 Å². The number of urea groups is 1. The molecular weight excluding hydrogens is 292 g/mol. The van der Waals surface area contributed by atoms with Crippen LogP contribution in [0.5, 0.6) is 0 Å². The van der Waals surface area contributed by atoms with Crippen LogP contribution in [-0.2, 0) is 13.0 Å². The zero-order valence-electron chi connectivity index (χ0n) is 13.4. The number of aromatic nitrogens is 2. The van der Waals surface area contributed by atoms with Crippen LogP contribution in [0.1, 0.15) is 24.7 Å². The lowest BCUT2D eigenvalue weighted by molar-refractivity contribution is 0.231. The number of hydrogen-bond donors (Lipinski definition) is 3. The fourth-order valence-electron chi connectivity index (χ4n) is 2.32. The molecule has 2 rings (SSSR count). The second-order valence-corrected chi connectivity index (χ2v) is 5.52. The van der Waals surface area contributed by atoms with Crippen molar-refractivity contribution in [1.29, 1.82) is 0 Å². The zero-order chi connectivity index (χ0) is 16.5. The Morgan fingerprint density at radius 1 is 1.35 bits per heavy atom. The van der Waals surface area contributed by atoms with Gasteiger partial charge in [-0.15, -0.1) is 0 Å². The van der Waals surface area contributed by atoms with Crippen LogP contribution in [0.4, 0.5) is 4.79 Å².